The van der Waals surface area contributed by atoms with E-state index in [2.05, 4.69) is 4.74 Å². The lowest BCUT2D eigenvalue weighted by Crippen LogP contribution is -2.12. The number of carbonyl (C=O) groups excluding carboxylic acids is 4. The summed E-state index contributed by atoms with van der Waals surface area (Å²) in [5.41, 5.74) is 0.716. The third-order valence-electron chi connectivity index (χ3n) is 3.01. The minimum atomic E-state index is -0.639. The van der Waals surface area contributed by atoms with Gasteiger partial charge in [0.25, 0.3) is 0 Å². The van der Waals surface area contributed by atoms with Crippen molar-refractivity contribution < 1.29 is 28.7 Å². The summed E-state index contributed by atoms with van der Waals surface area (Å²) in [4.78, 5) is 43.8. The Kier molecular flexibility index (Phi) is 9.03. The van der Waals surface area contributed by atoms with E-state index in [1.54, 1.807) is 74.5 Å². The Labute approximate surface area is 151 Å². The zero-order valence-corrected chi connectivity index (χ0v) is 14.6. The summed E-state index contributed by atoms with van der Waals surface area (Å²) in [5, 5.41) is 0. The SMILES string of the molecule is CCC(=O)OC(=O)CC.O=C(OC(=O)c1ccccc1)c1ccccc1. The smallest absolute Gasteiger partial charge is 0.346 e. The largest absolute Gasteiger partial charge is 0.393 e. The van der Waals surface area contributed by atoms with E-state index in [0.29, 0.717) is 11.1 Å². The lowest BCUT2D eigenvalue weighted by Gasteiger charge is -2.02. The molecule has 0 heterocycles. The van der Waals surface area contributed by atoms with Crippen LogP contribution >= 0.6 is 0 Å². The first kappa shape index (κ1) is 20.8. The highest BCUT2D eigenvalue weighted by Gasteiger charge is 2.13. The standard InChI is InChI=1S/C14H10O3.C6H10O3/c15-13(11-7-3-1-4-8-11)17-14(16)12-9-5-2-6-10-12;1-3-5(7)9-6(8)4-2/h1-10H;3-4H2,1-2H3. The second-order valence-electron chi connectivity index (χ2n) is 4.96. The maximum Gasteiger partial charge on any atom is 0.346 e. The molecule has 0 fully saturated rings. The Morgan fingerprint density at radius 1 is 0.615 bits per heavy atom. The summed E-state index contributed by atoms with van der Waals surface area (Å²) in [7, 11) is 0. The first-order valence-corrected chi connectivity index (χ1v) is 8.08. The Bertz CT molecular complexity index is 674. The molecule has 2 aromatic rings. The lowest BCUT2D eigenvalue weighted by atomic mass is 10.2. The van der Waals surface area contributed by atoms with Gasteiger partial charge in [-0.3, -0.25) is 9.59 Å². The van der Waals surface area contributed by atoms with Gasteiger partial charge in [-0.05, 0) is 24.3 Å². The predicted octanol–water partition coefficient (Wildman–Crippen LogP) is 3.56. The molecule has 136 valence electrons. The van der Waals surface area contributed by atoms with Crippen molar-refractivity contribution in [3.63, 3.8) is 0 Å². The number of hydrogen-bond acceptors (Lipinski definition) is 6. The average molecular weight is 356 g/mol. The van der Waals surface area contributed by atoms with Crippen molar-refractivity contribution in [2.45, 2.75) is 26.7 Å². The summed E-state index contributed by atoms with van der Waals surface area (Å²) in [6.45, 7) is 3.29. The van der Waals surface area contributed by atoms with Crippen LogP contribution in [0.15, 0.2) is 60.7 Å². The number of rotatable bonds is 4. The molecule has 0 aliphatic heterocycles. The topological polar surface area (TPSA) is 86.7 Å². The quantitative estimate of drug-likeness (QED) is 0.615. The Hall–Kier alpha value is -3.28. The minimum Gasteiger partial charge on any atom is -0.393 e. The van der Waals surface area contributed by atoms with Gasteiger partial charge in [0, 0.05) is 12.8 Å². The van der Waals surface area contributed by atoms with Crippen LogP contribution in [0.1, 0.15) is 47.4 Å². The number of ether oxygens (including phenoxy) is 2. The number of esters is 4. The van der Waals surface area contributed by atoms with Gasteiger partial charge in [0.2, 0.25) is 0 Å². The molecule has 0 saturated heterocycles. The van der Waals surface area contributed by atoms with Gasteiger partial charge in [0.05, 0.1) is 11.1 Å². The Morgan fingerprint density at radius 2 is 0.962 bits per heavy atom. The van der Waals surface area contributed by atoms with Crippen LogP contribution in [0.5, 0.6) is 0 Å². The normalized spacial score (nSPS) is 9.31. The first-order valence-electron chi connectivity index (χ1n) is 8.08. The van der Waals surface area contributed by atoms with Crippen LogP contribution in [0.3, 0.4) is 0 Å². The highest BCUT2D eigenvalue weighted by molar-refractivity contribution is 6.02. The van der Waals surface area contributed by atoms with Crippen molar-refractivity contribution >= 4 is 23.9 Å². The summed E-state index contributed by atoms with van der Waals surface area (Å²) in [5.74, 6) is -2.19. The van der Waals surface area contributed by atoms with Gasteiger partial charge in [-0.15, -0.1) is 0 Å². The highest BCUT2D eigenvalue weighted by Crippen LogP contribution is 2.06. The molecule has 0 N–H and O–H groups in total. The average Bonchev–Trinajstić information content (AvgIpc) is 2.69. The molecular formula is C20H20O6. The summed E-state index contributed by atoms with van der Waals surface area (Å²) >= 11 is 0. The number of benzene rings is 2. The fourth-order valence-electron chi connectivity index (χ4n) is 1.62. The zero-order chi connectivity index (χ0) is 19.4. The van der Waals surface area contributed by atoms with Crippen molar-refractivity contribution in [3.8, 4) is 0 Å². The maximum absolute atomic E-state index is 11.6. The van der Waals surface area contributed by atoms with E-state index in [0.717, 1.165) is 0 Å². The molecule has 0 amide bonds. The molecule has 26 heavy (non-hydrogen) atoms. The van der Waals surface area contributed by atoms with Gasteiger partial charge in [0.15, 0.2) is 0 Å². The van der Waals surface area contributed by atoms with Crippen LogP contribution in [-0.4, -0.2) is 23.9 Å². The van der Waals surface area contributed by atoms with Gasteiger partial charge < -0.3 is 9.47 Å². The summed E-state index contributed by atoms with van der Waals surface area (Å²) in [6, 6.07) is 16.8. The molecule has 0 saturated carbocycles. The van der Waals surface area contributed by atoms with Crippen molar-refractivity contribution in [1.29, 1.82) is 0 Å². The molecule has 6 nitrogen and oxygen atoms in total. The molecule has 0 aliphatic carbocycles. The molecular weight excluding hydrogens is 336 g/mol. The lowest BCUT2D eigenvalue weighted by molar-refractivity contribution is -0.159. The van der Waals surface area contributed by atoms with Crippen molar-refractivity contribution in [3.05, 3.63) is 71.8 Å². The van der Waals surface area contributed by atoms with Crippen LogP contribution in [0.25, 0.3) is 0 Å². The highest BCUT2D eigenvalue weighted by atomic mass is 16.6. The zero-order valence-electron chi connectivity index (χ0n) is 14.6. The predicted molar refractivity (Wildman–Crippen MR) is 94.3 cm³/mol. The van der Waals surface area contributed by atoms with Crippen LogP contribution < -0.4 is 0 Å². The maximum atomic E-state index is 11.6. The van der Waals surface area contributed by atoms with E-state index in [1.807, 2.05) is 0 Å². The molecule has 2 aromatic carbocycles. The van der Waals surface area contributed by atoms with Gasteiger partial charge in [0.1, 0.15) is 0 Å². The van der Waals surface area contributed by atoms with Gasteiger partial charge in [-0.1, -0.05) is 50.2 Å². The van der Waals surface area contributed by atoms with Crippen LogP contribution in [-0.2, 0) is 19.1 Å². The van der Waals surface area contributed by atoms with E-state index in [1.165, 1.54) is 0 Å². The van der Waals surface area contributed by atoms with Crippen LogP contribution in [0.2, 0.25) is 0 Å². The third-order valence-corrected chi connectivity index (χ3v) is 3.01. The van der Waals surface area contributed by atoms with Crippen molar-refractivity contribution in [1.82, 2.24) is 0 Å². The Morgan fingerprint density at radius 3 is 1.27 bits per heavy atom. The van der Waals surface area contributed by atoms with Crippen LogP contribution in [0, 0.1) is 0 Å². The minimum absolute atomic E-state index is 0.256. The molecule has 0 aromatic heterocycles. The molecule has 2 rings (SSSR count). The molecule has 0 bridgehead atoms. The first-order chi connectivity index (χ1) is 12.5. The van der Waals surface area contributed by atoms with Gasteiger partial charge >= 0.3 is 23.9 Å². The summed E-state index contributed by atoms with van der Waals surface area (Å²) < 4.78 is 9.02. The third kappa shape index (κ3) is 7.53. The molecule has 0 radical (unpaired) electrons. The monoisotopic (exact) mass is 356 g/mol. The molecule has 0 aliphatic rings. The van der Waals surface area contributed by atoms with Crippen molar-refractivity contribution in [2.75, 3.05) is 0 Å². The second kappa shape index (κ2) is 11.3. The molecule has 6 heteroatoms. The number of carbonyl (C=O) groups is 4. The van der Waals surface area contributed by atoms with E-state index in [9.17, 15) is 19.2 Å². The second-order valence-corrected chi connectivity index (χ2v) is 4.96. The summed E-state index contributed by atoms with van der Waals surface area (Å²) in [6.07, 6.45) is 0.511. The van der Waals surface area contributed by atoms with Crippen LogP contribution in [0.4, 0.5) is 0 Å². The van der Waals surface area contributed by atoms with E-state index < -0.39 is 23.9 Å². The fourth-order valence-corrected chi connectivity index (χ4v) is 1.62. The fraction of sp³-hybridized carbons (Fsp3) is 0.200. The Balaban J connectivity index is 0.000000321. The van der Waals surface area contributed by atoms with Gasteiger partial charge in [-0.2, -0.15) is 0 Å². The van der Waals surface area contributed by atoms with E-state index >= 15 is 0 Å². The van der Waals surface area contributed by atoms with E-state index in [-0.39, 0.29) is 12.8 Å². The molecule has 0 spiro atoms. The van der Waals surface area contributed by atoms with E-state index in [4.69, 9.17) is 4.74 Å². The molecule has 0 atom stereocenters. The van der Waals surface area contributed by atoms with Crippen molar-refractivity contribution in [2.24, 2.45) is 0 Å². The van der Waals surface area contributed by atoms with Gasteiger partial charge in [-0.25, -0.2) is 9.59 Å². The number of hydrogen-bond donors (Lipinski definition) is 0. The molecule has 0 unspecified atom stereocenters.